The quantitative estimate of drug-likeness (QED) is 0.0415. The van der Waals surface area contributed by atoms with Gasteiger partial charge < -0.3 is 28.9 Å². The molecular weight excluding hydrogens is 1530 g/mol. The van der Waals surface area contributed by atoms with Crippen LogP contribution in [0.4, 0.5) is 94.6 Å². The Morgan fingerprint density at radius 1 is 0.226 bits per heavy atom. The summed E-state index contributed by atoms with van der Waals surface area (Å²) in [6, 6.07) is 110. The van der Waals surface area contributed by atoms with Gasteiger partial charge in [0.05, 0.1) is 41.3 Å². The van der Waals surface area contributed by atoms with Crippen LogP contribution in [0.5, 0.6) is 0 Å². The predicted molar refractivity (Wildman–Crippen MR) is 433 cm³/mol. The molecule has 0 radical (unpaired) electrons. The lowest BCUT2D eigenvalue weighted by molar-refractivity contribution is 0.00578. The van der Waals surface area contributed by atoms with Gasteiger partial charge in [0.2, 0.25) is 0 Å². The molecule has 0 atom stereocenters. The molecule has 0 amide bonds. The SMILES string of the molecule is CC1(C)OB(c2ccc(N(c3ccccc3)c3ccccc3)cc2)OC1(C)C.Fc1c(-c2ccc(N(c3ccccc3)c3ccccc3)cc2)c(F)c(-c2ccc(N(c3ccccc3)c3ccccc3)cc2)c(F)c1-c1ccc(N(c2ccccc2)c2ccccc2)cc1.Fc1c(Br)c(F)c(Br)c(F)c1Br. The van der Waals surface area contributed by atoms with E-state index in [4.69, 9.17) is 9.31 Å². The van der Waals surface area contributed by atoms with Crippen molar-refractivity contribution in [3.63, 3.8) is 0 Å². The van der Waals surface area contributed by atoms with Crippen LogP contribution >= 0.6 is 47.8 Å². The highest BCUT2D eigenvalue weighted by Gasteiger charge is 2.51. The van der Waals surface area contributed by atoms with Gasteiger partial charge in [-0.1, -0.05) is 194 Å². The van der Waals surface area contributed by atoms with Gasteiger partial charge in [0.25, 0.3) is 0 Å². The number of anilines is 12. The average molecular weight is 1600 g/mol. The minimum atomic E-state index is -0.992. The minimum Gasteiger partial charge on any atom is -0.399 e. The molecule has 15 rings (SSSR count). The van der Waals surface area contributed by atoms with Gasteiger partial charge in [-0.2, -0.15) is 0 Å². The number of halogens is 9. The van der Waals surface area contributed by atoms with Crippen molar-refractivity contribution in [2.75, 3.05) is 19.6 Å². The molecule has 14 aromatic carbocycles. The standard InChI is InChI=1S/C60H42F3N3.C24H26BNO2.C6Br3F3/c61-58-55(43-31-37-52(38-32-43)64(46-19-7-1-8-20-46)47-21-9-2-10-22-47)59(62)57(45-35-41-54(42-36-45)66(50-27-15-5-16-28-50)51-29-17-6-18-30-51)60(63)56(58)44-33-39-53(40-34-44)65(48-23-11-3-12-24-48)49-25-13-4-14-26-49;1-23(2)24(3,4)28-25(27-23)19-15-17-22(18-16-19)26(20-11-7-5-8-12-20)21-13-9-6-10-14-21;7-1-4(10)2(8)6(12)3(9)5(1)11/h1-42H;5-18H,1-4H3;. The van der Waals surface area contributed by atoms with Crippen molar-refractivity contribution in [2.45, 2.75) is 38.9 Å². The molecule has 16 heteroatoms. The van der Waals surface area contributed by atoms with Crippen LogP contribution in [-0.2, 0) is 9.31 Å². The number of nitrogens with zero attached hydrogens (tertiary/aromatic N) is 4. The van der Waals surface area contributed by atoms with Crippen LogP contribution < -0.4 is 25.1 Å². The summed E-state index contributed by atoms with van der Waals surface area (Å²) in [5.41, 5.74) is 11.4. The van der Waals surface area contributed by atoms with Crippen LogP contribution in [0.1, 0.15) is 27.7 Å². The lowest BCUT2D eigenvalue weighted by atomic mass is 9.79. The molecule has 0 saturated carbocycles. The molecule has 1 aliphatic heterocycles. The Bertz CT molecular complexity index is 4620. The van der Waals surface area contributed by atoms with Crippen LogP contribution in [0.2, 0.25) is 0 Å². The van der Waals surface area contributed by atoms with Crippen LogP contribution in [0.3, 0.4) is 0 Å². The summed E-state index contributed by atoms with van der Waals surface area (Å²) < 4.78 is 102. The van der Waals surface area contributed by atoms with Crippen LogP contribution in [0.25, 0.3) is 33.4 Å². The van der Waals surface area contributed by atoms with Gasteiger partial charge in [0.1, 0.15) is 17.5 Å². The van der Waals surface area contributed by atoms with E-state index in [0.29, 0.717) is 0 Å². The van der Waals surface area contributed by atoms with Crippen LogP contribution in [0.15, 0.2) is 353 Å². The van der Waals surface area contributed by atoms with E-state index in [0.717, 1.165) is 73.7 Å². The van der Waals surface area contributed by atoms with E-state index in [-0.39, 0.29) is 51.7 Å². The third-order valence-corrected chi connectivity index (χ3v) is 20.6. The molecule has 0 spiro atoms. The van der Waals surface area contributed by atoms with Crippen molar-refractivity contribution >= 4 is 129 Å². The van der Waals surface area contributed by atoms with E-state index in [9.17, 15) is 13.2 Å². The second kappa shape index (κ2) is 32.7. The van der Waals surface area contributed by atoms with Gasteiger partial charge in [0, 0.05) is 68.2 Å². The molecule has 1 heterocycles. The topological polar surface area (TPSA) is 31.4 Å². The van der Waals surface area contributed by atoms with E-state index < -0.39 is 48.3 Å². The first-order valence-corrected chi connectivity index (χ1v) is 36.5. The Kier molecular flexibility index (Phi) is 22.7. The fraction of sp³-hybridized carbons (Fsp3) is 0.0667. The Morgan fingerprint density at radius 3 is 0.566 bits per heavy atom. The van der Waals surface area contributed by atoms with E-state index >= 15 is 13.2 Å². The summed E-state index contributed by atoms with van der Waals surface area (Å²) in [6.45, 7) is 8.31. The molecule has 0 bridgehead atoms. The fourth-order valence-corrected chi connectivity index (χ4v) is 14.5. The first-order chi connectivity index (χ1) is 51.4. The summed E-state index contributed by atoms with van der Waals surface area (Å²) >= 11 is 7.91. The largest absolute Gasteiger partial charge is 0.494 e. The Morgan fingerprint density at radius 2 is 0.387 bits per heavy atom. The molecule has 14 aromatic rings. The van der Waals surface area contributed by atoms with Crippen LogP contribution in [-0.4, -0.2) is 18.3 Å². The van der Waals surface area contributed by atoms with Crippen molar-refractivity contribution in [3.8, 4) is 33.4 Å². The predicted octanol–water partition coefficient (Wildman–Crippen LogP) is 27.4. The summed E-state index contributed by atoms with van der Waals surface area (Å²) in [5.74, 6) is -5.95. The normalized spacial score (nSPS) is 12.6. The minimum absolute atomic E-state index is 0.268. The Hall–Kier alpha value is -10.7. The summed E-state index contributed by atoms with van der Waals surface area (Å²) in [5, 5.41) is 0. The molecule has 6 nitrogen and oxygen atoms in total. The van der Waals surface area contributed by atoms with Gasteiger partial charge in [-0.15, -0.1) is 0 Å². The second-order valence-corrected chi connectivity index (χ2v) is 28.2. The molecule has 1 aliphatic rings. The lowest BCUT2D eigenvalue weighted by Crippen LogP contribution is -2.41. The summed E-state index contributed by atoms with van der Waals surface area (Å²) in [4.78, 5) is 8.46. The Labute approximate surface area is 639 Å². The maximum absolute atomic E-state index is 17.5. The molecule has 526 valence electrons. The van der Waals surface area contributed by atoms with E-state index in [1.54, 1.807) is 36.4 Å². The number of benzene rings is 14. The zero-order valence-electron chi connectivity index (χ0n) is 57.9. The van der Waals surface area contributed by atoms with E-state index in [1.165, 1.54) is 0 Å². The zero-order chi connectivity index (χ0) is 74.1. The lowest BCUT2D eigenvalue weighted by Gasteiger charge is -2.32. The van der Waals surface area contributed by atoms with Gasteiger partial charge in [0.15, 0.2) is 17.5 Å². The zero-order valence-corrected chi connectivity index (χ0v) is 62.7. The first-order valence-electron chi connectivity index (χ1n) is 34.1. The second-order valence-electron chi connectivity index (χ2n) is 25.8. The molecular formula is C90H68BBr3F6N4O2. The molecule has 0 N–H and O–H groups in total. The maximum atomic E-state index is 17.5. The molecule has 0 unspecified atom stereocenters. The van der Waals surface area contributed by atoms with E-state index in [1.807, 2.05) is 231 Å². The number of hydrogen-bond acceptors (Lipinski definition) is 6. The van der Waals surface area contributed by atoms with Gasteiger partial charge in [-0.25, -0.2) is 26.3 Å². The fourth-order valence-electron chi connectivity index (χ4n) is 12.5. The maximum Gasteiger partial charge on any atom is 0.494 e. The highest BCUT2D eigenvalue weighted by atomic mass is 79.9. The van der Waals surface area contributed by atoms with Gasteiger partial charge in [-0.3, -0.25) is 0 Å². The highest BCUT2D eigenvalue weighted by molar-refractivity contribution is 9.11. The molecule has 1 fully saturated rings. The molecule has 106 heavy (non-hydrogen) atoms. The number of para-hydroxylation sites is 8. The highest BCUT2D eigenvalue weighted by Crippen LogP contribution is 2.47. The van der Waals surface area contributed by atoms with Crippen LogP contribution in [0, 0.1) is 34.9 Å². The smallest absolute Gasteiger partial charge is 0.399 e. The van der Waals surface area contributed by atoms with Crippen molar-refractivity contribution in [3.05, 3.63) is 388 Å². The van der Waals surface area contributed by atoms with Gasteiger partial charge in [-0.05, 0) is 243 Å². The summed E-state index contributed by atoms with van der Waals surface area (Å²) in [6.07, 6.45) is 0. The number of rotatable bonds is 16. The molecule has 0 aromatic heterocycles. The van der Waals surface area contributed by atoms with Crippen molar-refractivity contribution in [2.24, 2.45) is 0 Å². The average Bonchev–Trinajstić information content (AvgIpc) is 0.834. The van der Waals surface area contributed by atoms with Gasteiger partial charge >= 0.3 is 7.12 Å². The molecule has 1 saturated heterocycles. The summed E-state index contributed by atoms with van der Waals surface area (Å²) in [7, 11) is -0.346. The van der Waals surface area contributed by atoms with E-state index in [2.05, 4.69) is 168 Å². The van der Waals surface area contributed by atoms with Crippen molar-refractivity contribution in [1.82, 2.24) is 0 Å². The number of hydrogen-bond donors (Lipinski definition) is 0. The third kappa shape index (κ3) is 15.8. The third-order valence-electron chi connectivity index (χ3n) is 18.5. The monoisotopic (exact) mass is 1600 g/mol. The Balaban J connectivity index is 0.000000202. The molecule has 0 aliphatic carbocycles. The first kappa shape index (κ1) is 73.6. The van der Waals surface area contributed by atoms with Crippen molar-refractivity contribution in [1.29, 1.82) is 0 Å². The van der Waals surface area contributed by atoms with Crippen molar-refractivity contribution < 1.29 is 35.7 Å².